The van der Waals surface area contributed by atoms with Crippen molar-refractivity contribution in [3.8, 4) is 11.5 Å². The van der Waals surface area contributed by atoms with Gasteiger partial charge in [0.05, 0.1) is 6.61 Å². The van der Waals surface area contributed by atoms with Crippen LogP contribution in [0.25, 0.3) is 0 Å². The number of hydrogen-bond donors (Lipinski definition) is 2. The molecule has 1 atom stereocenters. The van der Waals surface area contributed by atoms with Crippen LogP contribution in [0.1, 0.15) is 18.5 Å². The minimum atomic E-state index is 0.277. The Bertz CT molecular complexity index is 308. The van der Waals surface area contributed by atoms with E-state index in [1.54, 1.807) is 6.07 Å². The van der Waals surface area contributed by atoms with Crippen LogP contribution in [0.4, 0.5) is 0 Å². The van der Waals surface area contributed by atoms with E-state index in [0.29, 0.717) is 18.4 Å². The summed E-state index contributed by atoms with van der Waals surface area (Å²) in [7, 11) is 0. The van der Waals surface area contributed by atoms with Crippen molar-refractivity contribution in [2.45, 2.75) is 13.0 Å². The van der Waals surface area contributed by atoms with Gasteiger partial charge < -0.3 is 15.2 Å². The monoisotopic (exact) mass is 179 g/mol. The molecule has 0 bridgehead atoms. The zero-order valence-corrected chi connectivity index (χ0v) is 7.58. The largest absolute Gasteiger partial charge is 0.504 e. The molecule has 3 heteroatoms. The van der Waals surface area contributed by atoms with Crippen LogP contribution >= 0.6 is 0 Å². The molecule has 0 aliphatic carbocycles. The summed E-state index contributed by atoms with van der Waals surface area (Å²) < 4.78 is 5.28. The van der Waals surface area contributed by atoms with E-state index in [1.165, 1.54) is 0 Å². The number of rotatable bonds is 3. The van der Waals surface area contributed by atoms with E-state index in [-0.39, 0.29) is 5.75 Å². The highest BCUT2D eigenvalue weighted by Gasteiger charge is 2.26. The third kappa shape index (κ3) is 1.60. The molecule has 13 heavy (non-hydrogen) atoms. The smallest absolute Gasteiger partial charge is 0.162 e. The predicted molar refractivity (Wildman–Crippen MR) is 50.0 cm³/mol. The van der Waals surface area contributed by atoms with Gasteiger partial charge >= 0.3 is 0 Å². The summed E-state index contributed by atoms with van der Waals surface area (Å²) >= 11 is 0. The Kier molecular flexibility index (Phi) is 2.10. The van der Waals surface area contributed by atoms with Crippen molar-refractivity contribution in [3.63, 3.8) is 0 Å². The van der Waals surface area contributed by atoms with Crippen LogP contribution in [0.15, 0.2) is 18.2 Å². The van der Waals surface area contributed by atoms with Crippen molar-refractivity contribution >= 4 is 0 Å². The number of ether oxygens (including phenoxy) is 1. The number of phenols is 1. The fourth-order valence-electron chi connectivity index (χ4n) is 1.37. The minimum Gasteiger partial charge on any atom is -0.504 e. The van der Waals surface area contributed by atoms with Crippen LogP contribution in [0.5, 0.6) is 11.5 Å². The van der Waals surface area contributed by atoms with E-state index in [0.717, 1.165) is 12.1 Å². The molecule has 1 aromatic carbocycles. The van der Waals surface area contributed by atoms with E-state index < -0.39 is 0 Å². The summed E-state index contributed by atoms with van der Waals surface area (Å²) in [5.41, 5.74) is 0.936. The number of nitrogens with one attached hydrogen (secondary N) is 1. The molecule has 1 heterocycles. The number of phenolic OH excluding ortho intramolecular Hbond substituents is 1. The molecule has 2 N–H and O–H groups in total. The fraction of sp³-hybridized carbons (Fsp3) is 0.400. The van der Waals surface area contributed by atoms with Gasteiger partial charge in [-0.1, -0.05) is 12.1 Å². The van der Waals surface area contributed by atoms with Crippen LogP contribution < -0.4 is 10.1 Å². The second-order valence-corrected chi connectivity index (χ2v) is 3.09. The molecule has 70 valence electrons. The fourth-order valence-corrected chi connectivity index (χ4v) is 1.37. The van der Waals surface area contributed by atoms with Crippen LogP contribution in [-0.2, 0) is 0 Å². The van der Waals surface area contributed by atoms with Crippen LogP contribution in [0.3, 0.4) is 0 Å². The maximum absolute atomic E-state index is 9.77. The van der Waals surface area contributed by atoms with Gasteiger partial charge in [0.15, 0.2) is 11.5 Å². The zero-order valence-electron chi connectivity index (χ0n) is 7.58. The average Bonchev–Trinajstić information content (AvgIpc) is 2.92. The molecule has 1 fully saturated rings. The van der Waals surface area contributed by atoms with E-state index >= 15 is 0 Å². The molecular weight excluding hydrogens is 166 g/mol. The maximum Gasteiger partial charge on any atom is 0.162 e. The van der Waals surface area contributed by atoms with Crippen molar-refractivity contribution in [2.75, 3.05) is 13.2 Å². The molecule has 1 aliphatic rings. The van der Waals surface area contributed by atoms with E-state index in [2.05, 4.69) is 5.32 Å². The normalized spacial score (nSPS) is 19.9. The van der Waals surface area contributed by atoms with Gasteiger partial charge in [-0.3, -0.25) is 0 Å². The summed E-state index contributed by atoms with van der Waals surface area (Å²) in [6, 6.07) is 5.92. The van der Waals surface area contributed by atoms with Crippen molar-refractivity contribution < 1.29 is 9.84 Å². The predicted octanol–water partition coefficient (Wildman–Crippen LogP) is 1.44. The lowest BCUT2D eigenvalue weighted by Gasteiger charge is -2.08. The molecule has 1 saturated heterocycles. The Morgan fingerprint density at radius 2 is 2.38 bits per heavy atom. The topological polar surface area (TPSA) is 51.4 Å². The van der Waals surface area contributed by atoms with E-state index in [1.807, 2.05) is 19.1 Å². The van der Waals surface area contributed by atoms with Gasteiger partial charge in [0, 0.05) is 18.2 Å². The van der Waals surface area contributed by atoms with Gasteiger partial charge in [0.1, 0.15) is 0 Å². The molecule has 0 amide bonds. The van der Waals surface area contributed by atoms with Crippen LogP contribution in [0, 0.1) is 0 Å². The average molecular weight is 179 g/mol. The van der Waals surface area contributed by atoms with E-state index in [4.69, 9.17) is 4.74 Å². The SMILES string of the molecule is CCOc1cccc([C@H]2CN2)c1O. The van der Waals surface area contributed by atoms with Crippen LogP contribution in [0.2, 0.25) is 0 Å². The molecule has 2 rings (SSSR count). The summed E-state index contributed by atoms with van der Waals surface area (Å²) in [4.78, 5) is 0. The number of hydrogen-bond acceptors (Lipinski definition) is 3. The Morgan fingerprint density at radius 3 is 3.00 bits per heavy atom. The molecule has 1 aliphatic heterocycles. The first-order chi connectivity index (χ1) is 6.33. The summed E-state index contributed by atoms with van der Waals surface area (Å²) in [5.74, 6) is 0.855. The molecule has 0 spiro atoms. The second kappa shape index (κ2) is 3.26. The van der Waals surface area contributed by atoms with Gasteiger partial charge in [-0.15, -0.1) is 0 Å². The van der Waals surface area contributed by atoms with Gasteiger partial charge in [-0.25, -0.2) is 0 Å². The molecule has 0 radical (unpaired) electrons. The molecule has 3 nitrogen and oxygen atoms in total. The van der Waals surface area contributed by atoms with Gasteiger partial charge in [0.2, 0.25) is 0 Å². The lowest BCUT2D eigenvalue weighted by Crippen LogP contribution is -1.94. The van der Waals surface area contributed by atoms with Crippen molar-refractivity contribution in [1.82, 2.24) is 5.32 Å². The highest BCUT2D eigenvalue weighted by molar-refractivity contribution is 5.48. The third-order valence-electron chi connectivity index (χ3n) is 2.11. The molecule has 0 saturated carbocycles. The van der Waals surface area contributed by atoms with Crippen molar-refractivity contribution in [2.24, 2.45) is 0 Å². The summed E-state index contributed by atoms with van der Waals surface area (Å²) in [6.07, 6.45) is 0. The zero-order chi connectivity index (χ0) is 9.26. The molecule has 0 aromatic heterocycles. The first kappa shape index (κ1) is 8.38. The van der Waals surface area contributed by atoms with E-state index in [9.17, 15) is 5.11 Å². The standard InChI is InChI=1S/C10H13NO2/c1-2-13-9-5-3-4-7(10(9)12)8-6-11-8/h3-5,8,11-12H,2,6H2,1H3/t8-/m1/s1. The van der Waals surface area contributed by atoms with Crippen molar-refractivity contribution in [1.29, 1.82) is 0 Å². The van der Waals surface area contributed by atoms with Crippen LogP contribution in [-0.4, -0.2) is 18.3 Å². The quantitative estimate of drug-likeness (QED) is 0.690. The Labute approximate surface area is 77.3 Å². The van der Waals surface area contributed by atoms with Gasteiger partial charge in [-0.2, -0.15) is 0 Å². The lowest BCUT2D eigenvalue weighted by molar-refractivity contribution is 0.316. The maximum atomic E-state index is 9.77. The lowest BCUT2D eigenvalue weighted by atomic mass is 10.1. The Hall–Kier alpha value is -1.22. The first-order valence-electron chi connectivity index (χ1n) is 4.51. The number of para-hydroxylation sites is 1. The van der Waals surface area contributed by atoms with Gasteiger partial charge in [0.25, 0.3) is 0 Å². The Morgan fingerprint density at radius 1 is 1.62 bits per heavy atom. The highest BCUT2D eigenvalue weighted by atomic mass is 16.5. The molecular formula is C10H13NO2. The Balaban J connectivity index is 2.30. The number of benzene rings is 1. The summed E-state index contributed by atoms with van der Waals surface area (Å²) in [5, 5.41) is 12.9. The minimum absolute atomic E-state index is 0.277. The first-order valence-corrected chi connectivity index (χ1v) is 4.51. The summed E-state index contributed by atoms with van der Waals surface area (Å²) in [6.45, 7) is 3.43. The molecule has 1 aromatic rings. The third-order valence-corrected chi connectivity index (χ3v) is 2.11. The second-order valence-electron chi connectivity index (χ2n) is 3.09. The molecule has 0 unspecified atom stereocenters. The highest BCUT2D eigenvalue weighted by Crippen LogP contribution is 2.36. The van der Waals surface area contributed by atoms with Crippen molar-refractivity contribution in [3.05, 3.63) is 23.8 Å². The van der Waals surface area contributed by atoms with Gasteiger partial charge in [-0.05, 0) is 13.0 Å². The number of aromatic hydroxyl groups is 1.